The zero-order valence-electron chi connectivity index (χ0n) is 9.41. The molecule has 0 atom stereocenters. The Morgan fingerprint density at radius 1 is 1.18 bits per heavy atom. The molecule has 2 N–H and O–H groups in total. The number of hydrogen-bond acceptors (Lipinski definition) is 7. The van der Waals surface area contributed by atoms with E-state index in [1.165, 1.54) is 23.5 Å². The van der Waals surface area contributed by atoms with Crippen molar-refractivity contribution >= 4 is 29.3 Å². The lowest BCUT2D eigenvalue weighted by Crippen LogP contribution is -1.96. The molecule has 0 unspecified atom stereocenters. The molecular formula is C10H11N5S2. The van der Waals surface area contributed by atoms with Gasteiger partial charge in [-0.05, 0) is 31.0 Å². The first kappa shape index (κ1) is 12.1. The Morgan fingerprint density at radius 3 is 2.71 bits per heavy atom. The summed E-state index contributed by atoms with van der Waals surface area (Å²) in [5.74, 6) is 0.458. The van der Waals surface area contributed by atoms with Gasteiger partial charge in [-0.15, -0.1) is 0 Å². The minimum Gasteiger partial charge on any atom is -0.384 e. The van der Waals surface area contributed by atoms with Crippen molar-refractivity contribution in [3.63, 3.8) is 0 Å². The van der Waals surface area contributed by atoms with Crippen LogP contribution in [0.1, 0.15) is 5.69 Å². The van der Waals surface area contributed by atoms with Gasteiger partial charge in [-0.1, -0.05) is 11.8 Å². The van der Waals surface area contributed by atoms with Gasteiger partial charge < -0.3 is 5.73 Å². The Hall–Kier alpha value is -1.34. The fourth-order valence-corrected chi connectivity index (χ4v) is 2.38. The largest absolute Gasteiger partial charge is 0.384 e. The minimum absolute atomic E-state index is 0.458. The summed E-state index contributed by atoms with van der Waals surface area (Å²) in [4.78, 5) is 16.9. The highest BCUT2D eigenvalue weighted by atomic mass is 32.2. The fraction of sp³-hybridized carbons (Fsp3) is 0.200. The van der Waals surface area contributed by atoms with E-state index < -0.39 is 0 Å². The number of thioether (sulfide) groups is 1. The van der Waals surface area contributed by atoms with Crippen LogP contribution in [0.5, 0.6) is 0 Å². The number of aromatic nitrogens is 4. The molecule has 0 fully saturated rings. The first-order chi connectivity index (χ1) is 8.17. The molecule has 0 aliphatic heterocycles. The molecule has 0 aliphatic carbocycles. The summed E-state index contributed by atoms with van der Waals surface area (Å²) in [6, 6.07) is 3.57. The summed E-state index contributed by atoms with van der Waals surface area (Å²) in [6.45, 7) is 1.92. The molecule has 0 aromatic carbocycles. The topological polar surface area (TPSA) is 77.6 Å². The standard InChI is InChI=1S/C10H11N5S2/c1-6-3-4-12-9(13-6)17-8-5-7(11)14-10(15-8)16-2/h3-5H,1-2H3,(H2,11,14,15). The van der Waals surface area contributed by atoms with Crippen molar-refractivity contribution in [2.24, 2.45) is 0 Å². The Balaban J connectivity index is 2.26. The molecule has 0 aliphatic rings. The third-order valence-electron chi connectivity index (χ3n) is 1.85. The van der Waals surface area contributed by atoms with Gasteiger partial charge in [0, 0.05) is 18.0 Å². The molecule has 0 saturated carbocycles. The third-order valence-corrected chi connectivity index (χ3v) is 3.20. The number of anilines is 1. The quantitative estimate of drug-likeness (QED) is 0.517. The average Bonchev–Trinajstić information content (AvgIpc) is 2.28. The van der Waals surface area contributed by atoms with E-state index in [0.29, 0.717) is 16.1 Å². The number of rotatable bonds is 3. The van der Waals surface area contributed by atoms with E-state index in [1.807, 2.05) is 19.2 Å². The lowest BCUT2D eigenvalue weighted by Gasteiger charge is -2.03. The molecule has 2 aromatic rings. The van der Waals surface area contributed by atoms with E-state index in [0.717, 1.165) is 10.7 Å². The van der Waals surface area contributed by atoms with Crippen LogP contribution in [0.2, 0.25) is 0 Å². The van der Waals surface area contributed by atoms with Crippen molar-refractivity contribution in [3.05, 3.63) is 24.0 Å². The highest BCUT2D eigenvalue weighted by molar-refractivity contribution is 7.99. The SMILES string of the molecule is CSc1nc(N)cc(Sc2nccc(C)n2)n1. The van der Waals surface area contributed by atoms with E-state index in [-0.39, 0.29) is 0 Å². The second-order valence-corrected chi connectivity index (χ2v) is 4.96. The Labute approximate surface area is 108 Å². The zero-order valence-corrected chi connectivity index (χ0v) is 11.0. The van der Waals surface area contributed by atoms with Crippen LogP contribution in [-0.4, -0.2) is 26.2 Å². The summed E-state index contributed by atoms with van der Waals surface area (Å²) >= 11 is 2.83. The van der Waals surface area contributed by atoms with Crippen LogP contribution in [0.3, 0.4) is 0 Å². The van der Waals surface area contributed by atoms with Gasteiger partial charge in [0.2, 0.25) is 0 Å². The molecule has 0 saturated heterocycles. The molecule has 2 heterocycles. The number of nitrogens with zero attached hydrogens (tertiary/aromatic N) is 4. The molecule has 88 valence electrons. The predicted molar refractivity (Wildman–Crippen MR) is 69.1 cm³/mol. The summed E-state index contributed by atoms with van der Waals surface area (Å²) in [5.41, 5.74) is 6.63. The van der Waals surface area contributed by atoms with Gasteiger partial charge in [0.05, 0.1) is 0 Å². The summed E-state index contributed by atoms with van der Waals surface area (Å²) in [6.07, 6.45) is 3.64. The Bertz CT molecular complexity index is 532. The van der Waals surface area contributed by atoms with Crippen LogP contribution in [0.4, 0.5) is 5.82 Å². The normalized spacial score (nSPS) is 10.5. The predicted octanol–water partition coefficient (Wildman–Crippen LogP) is 2.03. The maximum Gasteiger partial charge on any atom is 0.194 e. The van der Waals surface area contributed by atoms with Crippen molar-refractivity contribution in [3.8, 4) is 0 Å². The minimum atomic E-state index is 0.458. The Morgan fingerprint density at radius 2 is 2.00 bits per heavy atom. The molecule has 0 amide bonds. The Kier molecular flexibility index (Phi) is 3.80. The van der Waals surface area contributed by atoms with Crippen LogP contribution >= 0.6 is 23.5 Å². The number of nitrogen functional groups attached to an aromatic ring is 1. The van der Waals surface area contributed by atoms with Crippen molar-refractivity contribution in [2.45, 2.75) is 22.3 Å². The second kappa shape index (κ2) is 5.33. The van der Waals surface area contributed by atoms with E-state index in [4.69, 9.17) is 5.73 Å². The molecule has 0 bridgehead atoms. The van der Waals surface area contributed by atoms with E-state index in [1.54, 1.807) is 12.3 Å². The molecule has 7 heteroatoms. The number of nitrogens with two attached hydrogens (primary N) is 1. The van der Waals surface area contributed by atoms with Gasteiger partial charge in [-0.25, -0.2) is 19.9 Å². The van der Waals surface area contributed by atoms with Crippen LogP contribution in [0.15, 0.2) is 33.7 Å². The van der Waals surface area contributed by atoms with Gasteiger partial charge in [0.1, 0.15) is 10.8 Å². The van der Waals surface area contributed by atoms with Crippen LogP contribution in [0.25, 0.3) is 0 Å². The van der Waals surface area contributed by atoms with E-state index in [2.05, 4.69) is 19.9 Å². The van der Waals surface area contributed by atoms with E-state index >= 15 is 0 Å². The lowest BCUT2D eigenvalue weighted by molar-refractivity contribution is 0.886. The van der Waals surface area contributed by atoms with Crippen molar-refractivity contribution in [1.82, 2.24) is 19.9 Å². The van der Waals surface area contributed by atoms with Gasteiger partial charge in [0.15, 0.2) is 10.3 Å². The fourth-order valence-electron chi connectivity index (χ4n) is 1.13. The number of aryl methyl sites for hydroxylation is 1. The van der Waals surface area contributed by atoms with Gasteiger partial charge >= 0.3 is 0 Å². The maximum atomic E-state index is 5.70. The highest BCUT2D eigenvalue weighted by Crippen LogP contribution is 2.25. The smallest absolute Gasteiger partial charge is 0.194 e. The number of hydrogen-bond donors (Lipinski definition) is 1. The third kappa shape index (κ3) is 3.31. The second-order valence-electron chi connectivity index (χ2n) is 3.20. The first-order valence-corrected chi connectivity index (χ1v) is 6.87. The van der Waals surface area contributed by atoms with Gasteiger partial charge in [-0.3, -0.25) is 0 Å². The summed E-state index contributed by atoms with van der Waals surface area (Å²) in [5, 5.41) is 2.07. The molecule has 0 spiro atoms. The summed E-state index contributed by atoms with van der Waals surface area (Å²) < 4.78 is 0. The van der Waals surface area contributed by atoms with Crippen LogP contribution in [0, 0.1) is 6.92 Å². The summed E-state index contributed by atoms with van der Waals surface area (Å²) in [7, 11) is 0. The van der Waals surface area contributed by atoms with Crippen molar-refractivity contribution in [2.75, 3.05) is 12.0 Å². The molecular weight excluding hydrogens is 254 g/mol. The molecule has 2 aromatic heterocycles. The molecule has 0 radical (unpaired) electrons. The molecule has 17 heavy (non-hydrogen) atoms. The van der Waals surface area contributed by atoms with Gasteiger partial charge in [-0.2, -0.15) is 0 Å². The first-order valence-electron chi connectivity index (χ1n) is 4.83. The lowest BCUT2D eigenvalue weighted by atomic mass is 10.5. The maximum absolute atomic E-state index is 5.70. The van der Waals surface area contributed by atoms with Crippen molar-refractivity contribution in [1.29, 1.82) is 0 Å². The molecule has 2 rings (SSSR count). The molecule has 5 nitrogen and oxygen atoms in total. The van der Waals surface area contributed by atoms with Gasteiger partial charge in [0.25, 0.3) is 0 Å². The van der Waals surface area contributed by atoms with Crippen LogP contribution < -0.4 is 5.73 Å². The average molecular weight is 265 g/mol. The van der Waals surface area contributed by atoms with Crippen LogP contribution in [-0.2, 0) is 0 Å². The van der Waals surface area contributed by atoms with Crippen molar-refractivity contribution < 1.29 is 0 Å². The zero-order chi connectivity index (χ0) is 12.3. The highest BCUT2D eigenvalue weighted by Gasteiger charge is 2.06. The van der Waals surface area contributed by atoms with E-state index in [9.17, 15) is 0 Å². The monoisotopic (exact) mass is 265 g/mol.